The van der Waals surface area contributed by atoms with Crippen molar-refractivity contribution < 1.29 is 0 Å². The van der Waals surface area contributed by atoms with Crippen molar-refractivity contribution in [2.45, 2.75) is 26.9 Å². The van der Waals surface area contributed by atoms with Gasteiger partial charge in [-0.15, -0.1) is 0 Å². The molecule has 6 rings (SSSR count). The highest BCUT2D eigenvalue weighted by Gasteiger charge is 2.42. The molecule has 35 heavy (non-hydrogen) atoms. The average molecular weight is 469 g/mol. The summed E-state index contributed by atoms with van der Waals surface area (Å²) in [5, 5.41) is 6.26. The minimum absolute atomic E-state index is 0.387. The van der Waals surface area contributed by atoms with E-state index < -0.39 is 8.07 Å². The van der Waals surface area contributed by atoms with Gasteiger partial charge in [-0.2, -0.15) is 0 Å². The maximum absolute atomic E-state index is 2.58. The van der Waals surface area contributed by atoms with Gasteiger partial charge in [-0.1, -0.05) is 145 Å². The lowest BCUT2D eigenvalue weighted by molar-refractivity contribution is 0.979. The van der Waals surface area contributed by atoms with Gasteiger partial charge >= 0.3 is 0 Å². The van der Waals surface area contributed by atoms with Crippen LogP contribution in [0, 0.1) is 11.8 Å². The number of fused-ring (bicyclic) bond motifs is 2. The molecule has 0 bridgehead atoms. The third kappa shape index (κ3) is 3.49. The minimum Gasteiger partial charge on any atom is -0.0733 e. The SMILES string of the molecule is CC1=C([Si](C)(C)C2=c3cccc(-c4ccccc4)c3=CC2C)C2C=CC=C(c3ccccc3)C2=C1. The number of benzene rings is 3. The monoisotopic (exact) mass is 468 g/mol. The Balaban J connectivity index is 1.47. The van der Waals surface area contributed by atoms with Gasteiger partial charge in [0.05, 0.1) is 0 Å². The molecule has 3 aromatic rings. The Morgan fingerprint density at radius 3 is 2.14 bits per heavy atom. The molecule has 0 aromatic heterocycles. The summed E-state index contributed by atoms with van der Waals surface area (Å²) >= 11 is 0. The molecule has 0 nitrogen and oxygen atoms in total. The Morgan fingerprint density at radius 1 is 0.743 bits per heavy atom. The Bertz CT molecular complexity index is 1560. The van der Waals surface area contributed by atoms with E-state index in [4.69, 9.17) is 0 Å². The molecule has 0 aliphatic heterocycles. The van der Waals surface area contributed by atoms with Gasteiger partial charge in [0.25, 0.3) is 0 Å². The highest BCUT2D eigenvalue weighted by Crippen LogP contribution is 2.48. The fourth-order valence-electron chi connectivity index (χ4n) is 6.85. The average Bonchev–Trinajstić information content (AvgIpc) is 3.41. The summed E-state index contributed by atoms with van der Waals surface area (Å²) in [5.41, 5.74) is 8.30. The Morgan fingerprint density at radius 2 is 1.43 bits per heavy atom. The fraction of sp³-hybridized carbons (Fsp3) is 0.176. The molecule has 0 fully saturated rings. The van der Waals surface area contributed by atoms with Crippen LogP contribution in [0.3, 0.4) is 0 Å². The quantitative estimate of drug-likeness (QED) is 0.354. The van der Waals surface area contributed by atoms with Crippen LogP contribution in [0.5, 0.6) is 0 Å². The second-order valence-corrected chi connectivity index (χ2v) is 15.0. The molecule has 3 aliphatic carbocycles. The topological polar surface area (TPSA) is 0 Å². The Hall–Kier alpha value is -3.42. The number of rotatable bonds is 4. The van der Waals surface area contributed by atoms with Gasteiger partial charge in [-0.3, -0.25) is 0 Å². The Kier molecular flexibility index (Phi) is 5.27. The molecule has 2 unspecified atom stereocenters. The summed E-state index contributed by atoms with van der Waals surface area (Å²) in [6, 6.07) is 28.6. The molecule has 0 spiro atoms. The molecule has 3 aromatic carbocycles. The van der Waals surface area contributed by atoms with Crippen LogP contribution in [0.4, 0.5) is 0 Å². The molecule has 172 valence electrons. The van der Waals surface area contributed by atoms with Gasteiger partial charge in [0.2, 0.25) is 0 Å². The van der Waals surface area contributed by atoms with E-state index in [0.717, 1.165) is 0 Å². The van der Waals surface area contributed by atoms with E-state index in [-0.39, 0.29) is 0 Å². The van der Waals surface area contributed by atoms with Crippen molar-refractivity contribution in [3.05, 3.63) is 136 Å². The first kappa shape index (κ1) is 22.1. The van der Waals surface area contributed by atoms with Crippen LogP contribution < -0.4 is 10.4 Å². The van der Waals surface area contributed by atoms with Crippen LogP contribution in [0.2, 0.25) is 13.1 Å². The van der Waals surface area contributed by atoms with Crippen LogP contribution in [0.25, 0.3) is 28.0 Å². The van der Waals surface area contributed by atoms with E-state index in [1.165, 1.54) is 43.8 Å². The molecular formula is C34H32Si. The predicted molar refractivity (Wildman–Crippen MR) is 153 cm³/mol. The van der Waals surface area contributed by atoms with Crippen LogP contribution in [0.15, 0.2) is 120 Å². The van der Waals surface area contributed by atoms with Crippen molar-refractivity contribution >= 4 is 24.9 Å². The van der Waals surface area contributed by atoms with E-state index in [0.29, 0.717) is 11.8 Å². The van der Waals surface area contributed by atoms with Crippen molar-refractivity contribution in [3.8, 4) is 11.1 Å². The van der Waals surface area contributed by atoms with Gasteiger partial charge < -0.3 is 0 Å². The van der Waals surface area contributed by atoms with E-state index in [9.17, 15) is 0 Å². The van der Waals surface area contributed by atoms with Crippen LogP contribution in [-0.4, -0.2) is 8.07 Å². The van der Waals surface area contributed by atoms with E-state index in [1.807, 2.05) is 0 Å². The molecule has 0 saturated carbocycles. The molecular weight excluding hydrogens is 436 g/mol. The molecule has 0 amide bonds. The van der Waals surface area contributed by atoms with Gasteiger partial charge in [-0.25, -0.2) is 0 Å². The first-order chi connectivity index (χ1) is 17.0. The minimum atomic E-state index is -1.94. The summed E-state index contributed by atoms with van der Waals surface area (Å²) in [5.74, 6) is 0.843. The standard InChI is InChI=1S/C34H32Si/c1-23-21-31-27(25-13-7-5-8-14-25)17-11-19-29(31)33(23)35(3,4)34-24(2)22-32-28(18-12-20-30(32)34)26-15-9-6-10-16-26/h5-23,30H,1-4H3. The summed E-state index contributed by atoms with van der Waals surface area (Å²) in [4.78, 5) is 0. The van der Waals surface area contributed by atoms with Crippen molar-refractivity contribution in [2.24, 2.45) is 11.8 Å². The fourth-order valence-corrected chi connectivity index (χ4v) is 11.3. The summed E-state index contributed by atoms with van der Waals surface area (Å²) in [7, 11) is -1.94. The van der Waals surface area contributed by atoms with Crippen molar-refractivity contribution in [1.82, 2.24) is 0 Å². The van der Waals surface area contributed by atoms with Gasteiger partial charge in [-0.05, 0) is 51.1 Å². The first-order valence-electron chi connectivity index (χ1n) is 12.7. The summed E-state index contributed by atoms with van der Waals surface area (Å²) in [6.45, 7) is 9.92. The lowest BCUT2D eigenvalue weighted by Gasteiger charge is -2.35. The highest BCUT2D eigenvalue weighted by atomic mass is 28.3. The van der Waals surface area contributed by atoms with E-state index in [2.05, 4.69) is 136 Å². The second-order valence-electron chi connectivity index (χ2n) is 10.6. The first-order valence-corrected chi connectivity index (χ1v) is 15.7. The van der Waals surface area contributed by atoms with Crippen molar-refractivity contribution in [1.29, 1.82) is 0 Å². The zero-order valence-corrected chi connectivity index (χ0v) is 22.0. The molecule has 1 heteroatoms. The number of allylic oxidation sites excluding steroid dienone is 8. The summed E-state index contributed by atoms with van der Waals surface area (Å²) < 4.78 is 0. The normalized spacial score (nSPS) is 20.9. The van der Waals surface area contributed by atoms with Gasteiger partial charge in [0.15, 0.2) is 0 Å². The van der Waals surface area contributed by atoms with E-state index >= 15 is 0 Å². The molecule has 0 N–H and O–H groups in total. The lowest BCUT2D eigenvalue weighted by Crippen LogP contribution is -2.41. The van der Waals surface area contributed by atoms with Crippen LogP contribution >= 0.6 is 0 Å². The highest BCUT2D eigenvalue weighted by molar-refractivity contribution is 6.99. The third-order valence-electron chi connectivity index (χ3n) is 8.10. The number of hydrogen-bond acceptors (Lipinski definition) is 0. The Labute approximate surface area is 210 Å². The molecule has 0 heterocycles. The predicted octanol–water partition coefficient (Wildman–Crippen LogP) is 7.25. The zero-order chi connectivity index (χ0) is 24.2. The molecule has 0 saturated heterocycles. The van der Waals surface area contributed by atoms with Crippen molar-refractivity contribution in [3.63, 3.8) is 0 Å². The molecule has 0 radical (unpaired) electrons. The molecule has 3 aliphatic rings. The third-order valence-corrected chi connectivity index (χ3v) is 12.2. The lowest BCUT2D eigenvalue weighted by atomic mass is 9.86. The summed E-state index contributed by atoms with van der Waals surface area (Å²) in [6.07, 6.45) is 12.0. The van der Waals surface area contributed by atoms with Gasteiger partial charge in [0, 0.05) is 5.92 Å². The zero-order valence-electron chi connectivity index (χ0n) is 21.0. The van der Waals surface area contributed by atoms with Crippen molar-refractivity contribution in [2.75, 3.05) is 0 Å². The van der Waals surface area contributed by atoms with E-state index in [1.54, 1.807) is 10.4 Å². The van der Waals surface area contributed by atoms with Crippen LogP contribution in [-0.2, 0) is 0 Å². The maximum atomic E-state index is 2.58. The smallest absolute Gasteiger partial charge is 0.0733 e. The van der Waals surface area contributed by atoms with Gasteiger partial charge in [0.1, 0.15) is 8.07 Å². The van der Waals surface area contributed by atoms with Crippen LogP contribution in [0.1, 0.15) is 19.4 Å². The second kappa shape index (κ2) is 8.36. The number of hydrogen-bond donors (Lipinski definition) is 0. The largest absolute Gasteiger partial charge is 0.106 e. The maximum Gasteiger partial charge on any atom is 0.106 e. The molecule has 2 atom stereocenters.